The van der Waals surface area contributed by atoms with Crippen molar-refractivity contribution in [3.05, 3.63) is 29.8 Å². The monoisotopic (exact) mass is 219 g/mol. The topological polar surface area (TPSA) is 30.8 Å². The zero-order chi connectivity index (χ0) is 11.8. The molecule has 1 heterocycles. The van der Waals surface area contributed by atoms with Gasteiger partial charge in [0.15, 0.2) is 6.23 Å². The molecule has 1 unspecified atom stereocenters. The Morgan fingerprint density at radius 3 is 2.31 bits per heavy atom. The minimum absolute atomic E-state index is 0.180. The van der Waals surface area contributed by atoms with Crippen LogP contribution in [0.1, 0.15) is 32.6 Å². The van der Waals surface area contributed by atoms with Gasteiger partial charge in [-0.25, -0.2) is 0 Å². The van der Waals surface area contributed by atoms with Crippen molar-refractivity contribution < 1.29 is 9.47 Å². The van der Waals surface area contributed by atoms with Gasteiger partial charge in [-0.15, -0.1) is 0 Å². The highest BCUT2D eigenvalue weighted by Crippen LogP contribution is 2.33. The predicted octanol–water partition coefficient (Wildman–Crippen LogP) is 2.96. The van der Waals surface area contributed by atoms with Gasteiger partial charge in [0.05, 0.1) is 7.11 Å². The second kappa shape index (κ2) is 3.91. The van der Waals surface area contributed by atoms with E-state index in [2.05, 4.69) is 4.99 Å². The third-order valence-electron chi connectivity index (χ3n) is 2.99. The van der Waals surface area contributed by atoms with Gasteiger partial charge < -0.3 is 9.47 Å². The van der Waals surface area contributed by atoms with Crippen LogP contribution >= 0.6 is 0 Å². The number of rotatable bonds is 2. The summed E-state index contributed by atoms with van der Waals surface area (Å²) in [6.45, 7) is 6.08. The Morgan fingerprint density at radius 2 is 1.88 bits per heavy atom. The molecule has 0 spiro atoms. The number of benzene rings is 1. The molecule has 86 valence electrons. The summed E-state index contributed by atoms with van der Waals surface area (Å²) in [6, 6.07) is 7.83. The molecule has 1 aliphatic heterocycles. The second-order valence-electron chi connectivity index (χ2n) is 4.47. The van der Waals surface area contributed by atoms with Crippen molar-refractivity contribution in [3.8, 4) is 5.75 Å². The third-order valence-corrected chi connectivity index (χ3v) is 2.99. The van der Waals surface area contributed by atoms with Crippen LogP contribution in [0.5, 0.6) is 5.75 Å². The summed E-state index contributed by atoms with van der Waals surface area (Å²) < 4.78 is 11.0. The average molecular weight is 219 g/mol. The zero-order valence-corrected chi connectivity index (χ0v) is 10.2. The quantitative estimate of drug-likeness (QED) is 0.765. The number of methoxy groups -OCH3 is 1. The fourth-order valence-electron chi connectivity index (χ4n) is 1.63. The molecule has 0 N–H and O–H groups in total. The van der Waals surface area contributed by atoms with Crippen LogP contribution in [0, 0.1) is 0 Å². The van der Waals surface area contributed by atoms with Gasteiger partial charge in [-0.05, 0) is 32.9 Å². The van der Waals surface area contributed by atoms with Gasteiger partial charge in [0, 0.05) is 11.3 Å². The number of ether oxygens (including phenoxy) is 2. The summed E-state index contributed by atoms with van der Waals surface area (Å²) in [5.74, 6) is 0.849. The van der Waals surface area contributed by atoms with E-state index >= 15 is 0 Å². The van der Waals surface area contributed by atoms with Gasteiger partial charge in [0.2, 0.25) is 0 Å². The first-order valence-electron chi connectivity index (χ1n) is 5.39. The van der Waals surface area contributed by atoms with Crippen LogP contribution in [0.4, 0.5) is 0 Å². The van der Waals surface area contributed by atoms with Crippen molar-refractivity contribution in [3.63, 3.8) is 0 Å². The fourth-order valence-corrected chi connectivity index (χ4v) is 1.63. The minimum atomic E-state index is -0.259. The van der Waals surface area contributed by atoms with E-state index in [0.29, 0.717) is 0 Å². The molecule has 0 amide bonds. The Balaban J connectivity index is 2.21. The molecule has 2 rings (SSSR count). The molecule has 1 aromatic carbocycles. The number of hydrogen-bond donors (Lipinski definition) is 0. The first-order chi connectivity index (χ1) is 7.53. The van der Waals surface area contributed by atoms with Gasteiger partial charge >= 0.3 is 0 Å². The standard InChI is InChI=1S/C13H17NO2/c1-9-13(2,3)16-12(14-9)10-5-7-11(15-4)8-6-10/h5-8,12H,1-4H3. The lowest BCUT2D eigenvalue weighted by molar-refractivity contribution is -0.00353. The summed E-state index contributed by atoms with van der Waals surface area (Å²) in [6.07, 6.45) is -0.180. The van der Waals surface area contributed by atoms with Crippen LogP contribution in [0.25, 0.3) is 0 Å². The highest BCUT2D eigenvalue weighted by atomic mass is 16.5. The SMILES string of the molecule is COc1ccc(C2N=C(C)C(C)(C)O2)cc1. The number of nitrogens with zero attached hydrogens (tertiary/aromatic N) is 1. The zero-order valence-electron chi connectivity index (χ0n) is 10.2. The summed E-state index contributed by atoms with van der Waals surface area (Å²) in [5.41, 5.74) is 1.84. The first kappa shape index (κ1) is 11.1. The molecule has 0 saturated carbocycles. The van der Waals surface area contributed by atoms with Crippen LogP contribution < -0.4 is 4.74 Å². The third kappa shape index (κ3) is 1.95. The van der Waals surface area contributed by atoms with Crippen LogP contribution in [0.15, 0.2) is 29.3 Å². The Labute approximate surface area is 96.1 Å². The van der Waals surface area contributed by atoms with Crippen molar-refractivity contribution >= 4 is 5.71 Å². The van der Waals surface area contributed by atoms with E-state index in [0.717, 1.165) is 17.0 Å². The molecular formula is C13H17NO2. The van der Waals surface area contributed by atoms with Crippen molar-refractivity contribution in [2.75, 3.05) is 7.11 Å². The van der Waals surface area contributed by atoms with Gasteiger partial charge in [-0.1, -0.05) is 12.1 Å². The van der Waals surface area contributed by atoms with E-state index in [1.54, 1.807) is 7.11 Å². The van der Waals surface area contributed by atoms with Gasteiger partial charge in [0.1, 0.15) is 11.4 Å². The van der Waals surface area contributed by atoms with Gasteiger partial charge in [-0.2, -0.15) is 0 Å². The van der Waals surface area contributed by atoms with Crippen molar-refractivity contribution in [1.29, 1.82) is 0 Å². The van der Waals surface area contributed by atoms with Gasteiger partial charge in [0.25, 0.3) is 0 Å². The van der Waals surface area contributed by atoms with Crippen LogP contribution in [0.2, 0.25) is 0 Å². The highest BCUT2D eigenvalue weighted by molar-refractivity contribution is 5.91. The molecule has 0 aromatic heterocycles. The lowest BCUT2D eigenvalue weighted by atomic mass is 10.1. The van der Waals surface area contributed by atoms with E-state index in [1.165, 1.54) is 0 Å². The van der Waals surface area contributed by atoms with E-state index in [9.17, 15) is 0 Å². The molecule has 1 atom stereocenters. The fraction of sp³-hybridized carbons (Fsp3) is 0.462. The summed E-state index contributed by atoms with van der Waals surface area (Å²) in [4.78, 5) is 4.52. The van der Waals surface area contributed by atoms with Crippen LogP contribution in [0.3, 0.4) is 0 Å². The Hall–Kier alpha value is -1.35. The largest absolute Gasteiger partial charge is 0.497 e. The maximum atomic E-state index is 5.88. The van der Waals surface area contributed by atoms with E-state index in [1.807, 2.05) is 45.0 Å². The second-order valence-corrected chi connectivity index (χ2v) is 4.47. The number of aliphatic imine (C=N–C) groups is 1. The molecule has 1 aromatic rings. The molecule has 3 heteroatoms. The smallest absolute Gasteiger partial charge is 0.175 e. The lowest BCUT2D eigenvalue weighted by Crippen LogP contribution is -2.27. The normalized spacial score (nSPS) is 23.0. The van der Waals surface area contributed by atoms with E-state index in [-0.39, 0.29) is 11.8 Å². The molecule has 16 heavy (non-hydrogen) atoms. The number of hydrogen-bond acceptors (Lipinski definition) is 3. The maximum Gasteiger partial charge on any atom is 0.175 e. The van der Waals surface area contributed by atoms with Crippen LogP contribution in [-0.4, -0.2) is 18.4 Å². The molecule has 0 fully saturated rings. The molecule has 0 aliphatic carbocycles. The molecule has 3 nitrogen and oxygen atoms in total. The lowest BCUT2D eigenvalue weighted by Gasteiger charge is -2.19. The van der Waals surface area contributed by atoms with Crippen molar-refractivity contribution in [2.24, 2.45) is 4.99 Å². The summed E-state index contributed by atoms with van der Waals surface area (Å²) in [5, 5.41) is 0. The van der Waals surface area contributed by atoms with Gasteiger partial charge in [-0.3, -0.25) is 4.99 Å². The summed E-state index contributed by atoms with van der Waals surface area (Å²) in [7, 11) is 1.66. The van der Waals surface area contributed by atoms with Crippen molar-refractivity contribution in [2.45, 2.75) is 32.6 Å². The van der Waals surface area contributed by atoms with Crippen molar-refractivity contribution in [1.82, 2.24) is 0 Å². The molecular weight excluding hydrogens is 202 g/mol. The van der Waals surface area contributed by atoms with E-state index in [4.69, 9.17) is 9.47 Å². The maximum absolute atomic E-state index is 5.88. The Bertz CT molecular complexity index is 406. The first-order valence-corrected chi connectivity index (χ1v) is 5.39. The molecule has 0 radical (unpaired) electrons. The van der Waals surface area contributed by atoms with E-state index < -0.39 is 0 Å². The molecule has 0 saturated heterocycles. The minimum Gasteiger partial charge on any atom is -0.497 e. The molecule has 1 aliphatic rings. The Morgan fingerprint density at radius 1 is 1.25 bits per heavy atom. The highest BCUT2D eigenvalue weighted by Gasteiger charge is 2.33. The average Bonchev–Trinajstić information content (AvgIpc) is 2.54. The van der Waals surface area contributed by atoms with Crippen LogP contribution in [-0.2, 0) is 4.74 Å². The Kier molecular flexibility index (Phi) is 2.72. The predicted molar refractivity (Wildman–Crippen MR) is 64.0 cm³/mol. The summed E-state index contributed by atoms with van der Waals surface area (Å²) >= 11 is 0. The molecule has 0 bridgehead atoms.